The predicted molar refractivity (Wildman–Crippen MR) is 82.0 cm³/mol. The molecule has 1 aromatic rings. The zero-order valence-electron chi connectivity index (χ0n) is 11.7. The van der Waals surface area contributed by atoms with E-state index < -0.39 is 21.5 Å². The number of anilines is 1. The van der Waals surface area contributed by atoms with E-state index in [0.29, 0.717) is 16.5 Å². The summed E-state index contributed by atoms with van der Waals surface area (Å²) in [6.07, 6.45) is 1.23. The predicted octanol–water partition coefficient (Wildman–Crippen LogP) is 1.90. The van der Waals surface area contributed by atoms with E-state index in [1.54, 1.807) is 0 Å². The average Bonchev–Trinajstić information content (AvgIpc) is 2.39. The molecule has 0 fully saturated rings. The van der Waals surface area contributed by atoms with Crippen LogP contribution in [0.3, 0.4) is 0 Å². The van der Waals surface area contributed by atoms with Crippen LogP contribution in [-0.2, 0) is 14.6 Å². The molecule has 8 heteroatoms. The van der Waals surface area contributed by atoms with E-state index in [4.69, 9.17) is 21.1 Å². The van der Waals surface area contributed by atoms with Crippen LogP contribution in [0.4, 0.5) is 5.69 Å². The Kier molecular flexibility index (Phi) is 6.04. The maximum atomic E-state index is 11.8. The standard InChI is InChI=1S/C13H16ClNO5S/c1-4-5-21(17,18)8-13(16)15-10-7-11(19-2)9(14)6-12(10)20-3/h4,6-7H,1,5,8H2,2-3H3,(H,15,16). The number of benzene rings is 1. The molecular formula is C13H16ClNO5S. The van der Waals surface area contributed by atoms with Crippen LogP contribution < -0.4 is 14.8 Å². The summed E-state index contributed by atoms with van der Waals surface area (Å²) in [6.45, 7) is 3.33. The molecule has 1 rings (SSSR count). The molecule has 1 N–H and O–H groups in total. The average molecular weight is 334 g/mol. The van der Waals surface area contributed by atoms with Gasteiger partial charge < -0.3 is 14.8 Å². The summed E-state index contributed by atoms with van der Waals surface area (Å²) < 4.78 is 33.2. The van der Waals surface area contributed by atoms with E-state index in [1.165, 1.54) is 32.4 Å². The molecule has 0 bridgehead atoms. The van der Waals surface area contributed by atoms with Gasteiger partial charge in [0.1, 0.15) is 17.3 Å². The van der Waals surface area contributed by atoms with Gasteiger partial charge in [-0.3, -0.25) is 4.79 Å². The number of hydrogen-bond donors (Lipinski definition) is 1. The fourth-order valence-electron chi connectivity index (χ4n) is 1.58. The van der Waals surface area contributed by atoms with Crippen LogP contribution in [-0.4, -0.2) is 40.1 Å². The quantitative estimate of drug-likeness (QED) is 0.771. The van der Waals surface area contributed by atoms with Crippen molar-refractivity contribution in [1.29, 1.82) is 0 Å². The Morgan fingerprint density at radius 2 is 1.95 bits per heavy atom. The summed E-state index contributed by atoms with van der Waals surface area (Å²) in [4.78, 5) is 11.8. The van der Waals surface area contributed by atoms with Crippen LogP contribution in [0.25, 0.3) is 0 Å². The largest absolute Gasteiger partial charge is 0.495 e. The van der Waals surface area contributed by atoms with Gasteiger partial charge in [-0.05, 0) is 0 Å². The van der Waals surface area contributed by atoms with Gasteiger partial charge in [0.05, 0.1) is 30.7 Å². The SMILES string of the molecule is C=CCS(=O)(=O)CC(=O)Nc1cc(OC)c(Cl)cc1OC. The van der Waals surface area contributed by atoms with Crippen LogP contribution in [0, 0.1) is 0 Å². The van der Waals surface area contributed by atoms with Crippen LogP contribution >= 0.6 is 11.6 Å². The Hall–Kier alpha value is -1.73. The monoisotopic (exact) mass is 333 g/mol. The molecule has 0 saturated heterocycles. The Labute approximate surface area is 128 Å². The lowest BCUT2D eigenvalue weighted by atomic mass is 10.2. The molecule has 0 saturated carbocycles. The highest BCUT2D eigenvalue weighted by molar-refractivity contribution is 7.92. The zero-order valence-corrected chi connectivity index (χ0v) is 13.3. The normalized spacial score (nSPS) is 10.8. The molecule has 1 amide bonds. The molecule has 0 aliphatic heterocycles. The summed E-state index contributed by atoms with van der Waals surface area (Å²) >= 11 is 5.94. The molecule has 0 aliphatic carbocycles. The van der Waals surface area contributed by atoms with Crippen molar-refractivity contribution in [3.05, 3.63) is 29.8 Å². The van der Waals surface area contributed by atoms with Crippen molar-refractivity contribution in [2.45, 2.75) is 0 Å². The van der Waals surface area contributed by atoms with E-state index in [1.807, 2.05) is 0 Å². The first-order chi connectivity index (χ1) is 9.82. The van der Waals surface area contributed by atoms with Crippen molar-refractivity contribution in [3.8, 4) is 11.5 Å². The van der Waals surface area contributed by atoms with Crippen LogP contribution in [0.2, 0.25) is 5.02 Å². The summed E-state index contributed by atoms with van der Waals surface area (Å²) in [5, 5.41) is 2.77. The number of halogens is 1. The van der Waals surface area contributed by atoms with Crippen LogP contribution in [0.5, 0.6) is 11.5 Å². The highest BCUT2D eigenvalue weighted by Gasteiger charge is 2.18. The number of carbonyl (C=O) groups is 1. The molecule has 0 aromatic heterocycles. The van der Waals surface area contributed by atoms with Gasteiger partial charge in [-0.2, -0.15) is 0 Å². The van der Waals surface area contributed by atoms with Gasteiger partial charge in [-0.25, -0.2) is 8.42 Å². The van der Waals surface area contributed by atoms with Gasteiger partial charge in [-0.15, -0.1) is 6.58 Å². The van der Waals surface area contributed by atoms with Gasteiger partial charge in [0.15, 0.2) is 9.84 Å². The Balaban J connectivity index is 2.96. The minimum Gasteiger partial charge on any atom is -0.495 e. The molecule has 0 atom stereocenters. The molecule has 21 heavy (non-hydrogen) atoms. The Bertz CT molecular complexity index is 642. The van der Waals surface area contributed by atoms with Crippen molar-refractivity contribution in [2.75, 3.05) is 31.0 Å². The third-order valence-corrected chi connectivity index (χ3v) is 4.21. The zero-order chi connectivity index (χ0) is 16.0. The maximum Gasteiger partial charge on any atom is 0.239 e. The first-order valence-corrected chi connectivity index (χ1v) is 8.05. The Morgan fingerprint density at radius 3 is 2.48 bits per heavy atom. The number of ether oxygens (including phenoxy) is 2. The van der Waals surface area contributed by atoms with Gasteiger partial charge in [0, 0.05) is 12.1 Å². The van der Waals surface area contributed by atoms with Crippen molar-refractivity contribution in [3.63, 3.8) is 0 Å². The molecule has 0 spiro atoms. The molecule has 6 nitrogen and oxygen atoms in total. The van der Waals surface area contributed by atoms with Gasteiger partial charge in [0.2, 0.25) is 5.91 Å². The fraction of sp³-hybridized carbons (Fsp3) is 0.308. The molecule has 0 radical (unpaired) electrons. The number of carbonyl (C=O) groups excluding carboxylic acids is 1. The first kappa shape index (κ1) is 17.3. The van der Waals surface area contributed by atoms with Crippen LogP contribution in [0.1, 0.15) is 0 Å². The van der Waals surface area contributed by atoms with Gasteiger partial charge >= 0.3 is 0 Å². The number of methoxy groups -OCH3 is 2. The number of rotatable bonds is 7. The second-order valence-corrected chi connectivity index (χ2v) is 6.59. The lowest BCUT2D eigenvalue weighted by Gasteiger charge is -2.13. The van der Waals surface area contributed by atoms with Crippen molar-refractivity contribution < 1.29 is 22.7 Å². The molecule has 0 unspecified atom stereocenters. The lowest BCUT2D eigenvalue weighted by Crippen LogP contribution is -2.24. The van der Waals surface area contributed by atoms with E-state index in [-0.39, 0.29) is 11.4 Å². The minimum atomic E-state index is -3.52. The van der Waals surface area contributed by atoms with Crippen molar-refractivity contribution in [1.82, 2.24) is 0 Å². The smallest absolute Gasteiger partial charge is 0.239 e. The molecule has 0 heterocycles. The number of hydrogen-bond acceptors (Lipinski definition) is 5. The summed E-state index contributed by atoms with van der Waals surface area (Å²) in [5.41, 5.74) is 0.276. The third kappa shape index (κ3) is 4.95. The molecular weight excluding hydrogens is 318 g/mol. The van der Waals surface area contributed by atoms with Crippen LogP contribution in [0.15, 0.2) is 24.8 Å². The van der Waals surface area contributed by atoms with Gasteiger partial charge in [-0.1, -0.05) is 17.7 Å². The molecule has 1 aromatic carbocycles. The van der Waals surface area contributed by atoms with E-state index >= 15 is 0 Å². The molecule has 116 valence electrons. The van der Waals surface area contributed by atoms with Crippen molar-refractivity contribution in [2.24, 2.45) is 0 Å². The third-order valence-electron chi connectivity index (χ3n) is 2.47. The lowest BCUT2D eigenvalue weighted by molar-refractivity contribution is -0.113. The highest BCUT2D eigenvalue weighted by Crippen LogP contribution is 2.35. The summed E-state index contributed by atoms with van der Waals surface area (Å²) in [5.74, 6) is -0.953. The number of nitrogens with one attached hydrogen (secondary N) is 1. The number of amides is 1. The van der Waals surface area contributed by atoms with E-state index in [2.05, 4.69) is 11.9 Å². The summed E-state index contributed by atoms with van der Waals surface area (Å²) in [7, 11) is -0.693. The highest BCUT2D eigenvalue weighted by atomic mass is 35.5. The van der Waals surface area contributed by atoms with Crippen molar-refractivity contribution >= 4 is 33.0 Å². The van der Waals surface area contributed by atoms with Gasteiger partial charge in [0.25, 0.3) is 0 Å². The fourth-order valence-corrected chi connectivity index (χ4v) is 2.76. The second kappa shape index (κ2) is 7.33. The second-order valence-electron chi connectivity index (χ2n) is 4.08. The Morgan fingerprint density at radius 1 is 1.33 bits per heavy atom. The van der Waals surface area contributed by atoms with E-state index in [9.17, 15) is 13.2 Å². The minimum absolute atomic E-state index is 0.262. The first-order valence-electron chi connectivity index (χ1n) is 5.85. The molecule has 0 aliphatic rings. The summed E-state index contributed by atoms with van der Waals surface area (Å²) in [6, 6.07) is 2.92. The van der Waals surface area contributed by atoms with E-state index in [0.717, 1.165) is 0 Å². The topological polar surface area (TPSA) is 81.7 Å². The number of sulfone groups is 1. The maximum absolute atomic E-state index is 11.8.